The first-order chi connectivity index (χ1) is 8.10. The average molecular weight is 239 g/mol. The Morgan fingerprint density at radius 1 is 1.59 bits per heavy atom. The first-order valence-electron chi connectivity index (χ1n) is 6.00. The normalized spacial score (nSPS) is 48.4. The van der Waals surface area contributed by atoms with Crippen LogP contribution in [-0.4, -0.2) is 52.1 Å². The summed E-state index contributed by atoms with van der Waals surface area (Å²) in [6, 6.07) is 0. The van der Waals surface area contributed by atoms with E-state index in [0.29, 0.717) is 19.6 Å². The minimum atomic E-state index is -1.18. The van der Waals surface area contributed by atoms with Gasteiger partial charge in [0.05, 0.1) is 17.6 Å². The molecule has 3 rings (SSSR count). The van der Waals surface area contributed by atoms with Crippen LogP contribution in [0.2, 0.25) is 0 Å². The molecule has 3 aliphatic rings. The van der Waals surface area contributed by atoms with E-state index in [1.165, 1.54) is 0 Å². The molecule has 0 aromatic carbocycles. The quantitative estimate of drug-likeness (QED) is 0.645. The molecule has 5 nitrogen and oxygen atoms in total. The molecule has 0 unspecified atom stereocenters. The highest BCUT2D eigenvalue weighted by atomic mass is 16.6. The van der Waals surface area contributed by atoms with Crippen molar-refractivity contribution in [3.05, 3.63) is 12.7 Å². The first kappa shape index (κ1) is 11.2. The van der Waals surface area contributed by atoms with Crippen LogP contribution < -0.4 is 0 Å². The molecule has 0 radical (unpaired) electrons. The van der Waals surface area contributed by atoms with Crippen LogP contribution in [0, 0.1) is 5.41 Å². The minimum Gasteiger partial charge on any atom is -0.382 e. The van der Waals surface area contributed by atoms with Gasteiger partial charge >= 0.3 is 0 Å². The second-order valence-corrected chi connectivity index (χ2v) is 5.22. The number of ether oxygens (including phenoxy) is 1. The molecule has 1 spiro atoms. The summed E-state index contributed by atoms with van der Waals surface area (Å²) in [5.41, 5.74) is -1.46. The molecule has 5 heteroatoms. The van der Waals surface area contributed by atoms with Gasteiger partial charge in [0.25, 0.3) is 5.91 Å². The highest BCUT2D eigenvalue weighted by Crippen LogP contribution is 2.59. The molecular weight excluding hydrogens is 222 g/mol. The maximum atomic E-state index is 12.1. The molecular formula is C12H17NO4. The smallest absolute Gasteiger partial charge is 0.252 e. The highest BCUT2D eigenvalue weighted by molar-refractivity contribution is 5.87. The van der Waals surface area contributed by atoms with Crippen LogP contribution in [0.1, 0.15) is 19.3 Å². The number of aliphatic hydroxyl groups excluding tert-OH is 2. The zero-order valence-electron chi connectivity index (χ0n) is 9.63. The van der Waals surface area contributed by atoms with Crippen molar-refractivity contribution in [2.75, 3.05) is 13.2 Å². The third-order valence-electron chi connectivity index (χ3n) is 4.75. The van der Waals surface area contributed by atoms with Crippen LogP contribution in [0.3, 0.4) is 0 Å². The number of nitrogens with zero attached hydrogens (tertiary/aromatic N) is 1. The van der Waals surface area contributed by atoms with Gasteiger partial charge in [-0.2, -0.15) is 0 Å². The fourth-order valence-corrected chi connectivity index (χ4v) is 3.96. The number of hydrogen-bond acceptors (Lipinski definition) is 4. The molecule has 0 aromatic rings. The number of allylic oxidation sites excluding steroid dienone is 1. The summed E-state index contributed by atoms with van der Waals surface area (Å²) in [5, 5.41) is 20.3. The summed E-state index contributed by atoms with van der Waals surface area (Å²) >= 11 is 0. The summed E-state index contributed by atoms with van der Waals surface area (Å²) in [5.74, 6) is -0.272. The van der Waals surface area contributed by atoms with Gasteiger partial charge in [-0.15, -0.1) is 6.58 Å². The maximum Gasteiger partial charge on any atom is 0.252 e. The van der Waals surface area contributed by atoms with E-state index in [2.05, 4.69) is 6.58 Å². The second kappa shape index (κ2) is 3.31. The van der Waals surface area contributed by atoms with Crippen LogP contribution >= 0.6 is 0 Å². The molecule has 3 saturated heterocycles. The summed E-state index contributed by atoms with van der Waals surface area (Å²) in [4.78, 5) is 13.8. The largest absolute Gasteiger partial charge is 0.382 e. The van der Waals surface area contributed by atoms with E-state index in [1.54, 1.807) is 11.0 Å². The number of aliphatic hydroxyl groups is 2. The third kappa shape index (κ3) is 0.991. The number of carbonyl (C=O) groups excluding carboxylic acids is 1. The molecule has 3 heterocycles. The Hall–Kier alpha value is -0.910. The van der Waals surface area contributed by atoms with Gasteiger partial charge in [-0.05, 0) is 19.3 Å². The van der Waals surface area contributed by atoms with E-state index in [4.69, 9.17) is 4.74 Å². The molecule has 0 aliphatic carbocycles. The van der Waals surface area contributed by atoms with E-state index >= 15 is 0 Å². The van der Waals surface area contributed by atoms with Gasteiger partial charge in [0.2, 0.25) is 0 Å². The summed E-state index contributed by atoms with van der Waals surface area (Å²) in [6.45, 7) is 4.63. The lowest BCUT2D eigenvalue weighted by Gasteiger charge is -2.40. The number of carbonyl (C=O) groups is 1. The minimum absolute atomic E-state index is 0.272. The van der Waals surface area contributed by atoms with Gasteiger partial charge in [-0.1, -0.05) is 6.08 Å². The van der Waals surface area contributed by atoms with Crippen LogP contribution in [0.4, 0.5) is 0 Å². The van der Waals surface area contributed by atoms with Gasteiger partial charge < -0.3 is 19.8 Å². The van der Waals surface area contributed by atoms with Crippen molar-refractivity contribution in [3.63, 3.8) is 0 Å². The van der Waals surface area contributed by atoms with Gasteiger partial charge in [0.1, 0.15) is 6.10 Å². The van der Waals surface area contributed by atoms with Crippen LogP contribution in [-0.2, 0) is 9.53 Å². The lowest BCUT2D eigenvalue weighted by molar-refractivity contribution is -0.161. The van der Waals surface area contributed by atoms with Crippen molar-refractivity contribution in [1.82, 2.24) is 4.90 Å². The Bertz CT molecular complexity index is 385. The predicted molar refractivity (Wildman–Crippen MR) is 58.9 cm³/mol. The molecule has 1 amide bonds. The fourth-order valence-electron chi connectivity index (χ4n) is 3.96. The van der Waals surface area contributed by atoms with Crippen LogP contribution in [0.15, 0.2) is 12.7 Å². The Morgan fingerprint density at radius 2 is 2.35 bits per heavy atom. The number of amides is 1. The Morgan fingerprint density at radius 3 is 3.06 bits per heavy atom. The molecule has 0 saturated carbocycles. The van der Waals surface area contributed by atoms with E-state index in [-0.39, 0.29) is 5.91 Å². The maximum absolute atomic E-state index is 12.1. The first-order valence-corrected chi connectivity index (χ1v) is 6.00. The summed E-state index contributed by atoms with van der Waals surface area (Å²) in [7, 11) is 0. The average Bonchev–Trinajstić information content (AvgIpc) is 2.90. The van der Waals surface area contributed by atoms with Crippen molar-refractivity contribution in [3.8, 4) is 0 Å². The molecule has 0 bridgehead atoms. The Labute approximate surface area is 99.7 Å². The monoisotopic (exact) mass is 239 g/mol. The Kier molecular flexibility index (Phi) is 2.18. The number of hydrogen-bond donors (Lipinski definition) is 2. The summed E-state index contributed by atoms with van der Waals surface area (Å²) in [6.07, 6.45) is 1.43. The molecule has 94 valence electrons. The molecule has 17 heavy (non-hydrogen) atoms. The number of rotatable bonds is 2. The molecule has 2 N–H and O–H groups in total. The molecule has 0 aromatic heterocycles. The molecule has 4 atom stereocenters. The lowest BCUT2D eigenvalue weighted by Crippen LogP contribution is -2.54. The van der Waals surface area contributed by atoms with Crippen molar-refractivity contribution in [2.45, 2.75) is 37.2 Å². The zero-order chi connectivity index (χ0) is 12.3. The van der Waals surface area contributed by atoms with Gasteiger partial charge in [0, 0.05) is 6.54 Å². The van der Waals surface area contributed by atoms with Crippen LogP contribution in [0.5, 0.6) is 0 Å². The second-order valence-electron chi connectivity index (χ2n) is 5.22. The van der Waals surface area contributed by atoms with Gasteiger partial charge in [0.15, 0.2) is 6.29 Å². The fraction of sp³-hybridized carbons (Fsp3) is 0.750. The van der Waals surface area contributed by atoms with Crippen LogP contribution in [0.25, 0.3) is 0 Å². The standard InChI is InChI=1S/C12H17NO4/c1-2-4-12-8(14)9(15)13-6-3-5-11(12,13)7-17-10(12)16/h2,8,10,14,16H,1,3-7H2/t8-,10+,11+,12-/m1/s1. The highest BCUT2D eigenvalue weighted by Gasteiger charge is 2.75. The Balaban J connectivity index is 2.16. The predicted octanol–water partition coefficient (Wildman–Crippen LogP) is -0.367. The van der Waals surface area contributed by atoms with Gasteiger partial charge in [-0.25, -0.2) is 0 Å². The van der Waals surface area contributed by atoms with Crippen molar-refractivity contribution >= 4 is 5.91 Å². The van der Waals surface area contributed by atoms with Crippen molar-refractivity contribution in [2.24, 2.45) is 5.41 Å². The van der Waals surface area contributed by atoms with E-state index in [9.17, 15) is 15.0 Å². The lowest BCUT2D eigenvalue weighted by atomic mass is 9.67. The van der Waals surface area contributed by atoms with E-state index in [1.807, 2.05) is 0 Å². The van der Waals surface area contributed by atoms with Crippen molar-refractivity contribution < 1.29 is 19.7 Å². The van der Waals surface area contributed by atoms with Crippen molar-refractivity contribution in [1.29, 1.82) is 0 Å². The molecule has 3 aliphatic heterocycles. The molecule has 3 fully saturated rings. The van der Waals surface area contributed by atoms with Gasteiger partial charge in [-0.3, -0.25) is 4.79 Å². The zero-order valence-corrected chi connectivity index (χ0v) is 9.63. The van der Waals surface area contributed by atoms with E-state index < -0.39 is 23.3 Å². The SMILES string of the molecule is C=CC[C@]12[C@H](O)C(=O)N3CCC[C@@]31CO[C@@H]2O. The topological polar surface area (TPSA) is 70.0 Å². The third-order valence-corrected chi connectivity index (χ3v) is 4.75. The van der Waals surface area contributed by atoms with E-state index in [0.717, 1.165) is 12.8 Å². The summed E-state index contributed by atoms with van der Waals surface area (Å²) < 4.78 is 5.35.